The summed E-state index contributed by atoms with van der Waals surface area (Å²) in [5.74, 6) is 0. The summed E-state index contributed by atoms with van der Waals surface area (Å²) in [6, 6.07) is 66.1. The molecular weight excluding hydrogens is 835 g/mol. The number of para-hydroxylation sites is 5. The molecule has 0 atom stereocenters. The van der Waals surface area contributed by atoms with Gasteiger partial charge in [0.1, 0.15) is 0 Å². The minimum Gasteiger partial charge on any atom is -0.308 e. The summed E-state index contributed by atoms with van der Waals surface area (Å²) in [6.07, 6.45) is 0. The molecule has 312 valence electrons. The van der Waals surface area contributed by atoms with Gasteiger partial charge in [0.15, 0.2) is 0 Å². The molecule has 3 heterocycles. The first-order valence-electron chi connectivity index (χ1n) is 22.1. The van der Waals surface area contributed by atoms with Gasteiger partial charge >= 0.3 is 0 Å². The zero-order valence-electron chi connectivity index (χ0n) is 36.8. The van der Waals surface area contributed by atoms with E-state index in [0.29, 0.717) is 0 Å². The van der Waals surface area contributed by atoms with E-state index in [1.165, 1.54) is 108 Å². The number of hydrogen-bond donors (Lipinski definition) is 0. The summed E-state index contributed by atoms with van der Waals surface area (Å²) < 4.78 is 0. The van der Waals surface area contributed by atoms with Gasteiger partial charge in [-0.3, -0.25) is 0 Å². The van der Waals surface area contributed by atoms with Crippen LogP contribution in [-0.2, 0) is 10.8 Å². The van der Waals surface area contributed by atoms with Crippen LogP contribution in [-0.4, -0.2) is 0 Å². The minimum atomic E-state index is -0.0700. The number of rotatable bonds is 3. The lowest BCUT2D eigenvalue weighted by Gasteiger charge is -2.39. The molecule has 9 aromatic rings. The van der Waals surface area contributed by atoms with E-state index in [1.807, 2.05) is 35.3 Å². The predicted octanol–water partition coefficient (Wildman–Crippen LogP) is 18.4. The Labute approximate surface area is 389 Å². The second-order valence-corrected chi connectivity index (χ2v) is 22.3. The molecule has 6 heteroatoms. The van der Waals surface area contributed by atoms with Crippen LogP contribution in [0.1, 0.15) is 52.7 Å². The van der Waals surface area contributed by atoms with Crippen LogP contribution in [0.25, 0.3) is 21.5 Å². The Morgan fingerprint density at radius 3 is 1.00 bits per heavy atom. The SMILES string of the molecule is CC(C)(C)c1ccc2c(N3c4ccccc4Sc4cc(N5c6ccccc6Sc6ccccc65)ccc43)c3cc(C(C)(C)C)ccc3c(N3c4ccccc4Sc4ccccc43)c2c1. The first-order valence-corrected chi connectivity index (χ1v) is 24.5. The Morgan fingerprint density at radius 2 is 0.625 bits per heavy atom. The largest absolute Gasteiger partial charge is 0.308 e. The quantitative estimate of drug-likeness (QED) is 0.162. The molecule has 0 saturated heterocycles. The molecule has 64 heavy (non-hydrogen) atoms. The Balaban J connectivity index is 1.18. The molecule has 0 aromatic heterocycles. The van der Waals surface area contributed by atoms with E-state index in [4.69, 9.17) is 0 Å². The van der Waals surface area contributed by atoms with Crippen molar-refractivity contribution in [2.24, 2.45) is 0 Å². The van der Waals surface area contributed by atoms with Crippen molar-refractivity contribution < 1.29 is 0 Å². The van der Waals surface area contributed by atoms with Crippen molar-refractivity contribution >= 4 is 108 Å². The van der Waals surface area contributed by atoms with E-state index >= 15 is 0 Å². The highest BCUT2D eigenvalue weighted by atomic mass is 32.2. The number of anilines is 9. The molecule has 0 spiro atoms. The normalized spacial score (nSPS) is 14.1. The predicted molar refractivity (Wildman–Crippen MR) is 275 cm³/mol. The zero-order valence-corrected chi connectivity index (χ0v) is 39.3. The van der Waals surface area contributed by atoms with Crippen molar-refractivity contribution in [1.29, 1.82) is 0 Å². The molecule has 3 aliphatic rings. The van der Waals surface area contributed by atoms with Crippen molar-refractivity contribution in [1.82, 2.24) is 0 Å². The van der Waals surface area contributed by atoms with Crippen LogP contribution in [0, 0.1) is 0 Å². The van der Waals surface area contributed by atoms with Gasteiger partial charge in [-0.1, -0.05) is 162 Å². The molecular formula is C58H47N3S3. The molecule has 0 fully saturated rings. The summed E-state index contributed by atoms with van der Waals surface area (Å²) in [5.41, 5.74) is 13.3. The van der Waals surface area contributed by atoms with E-state index in [1.54, 1.807) is 0 Å². The van der Waals surface area contributed by atoms with Gasteiger partial charge in [-0.2, -0.15) is 0 Å². The Hall–Kier alpha value is -6.05. The minimum absolute atomic E-state index is 0.0637. The van der Waals surface area contributed by atoms with Gasteiger partial charge in [-0.25, -0.2) is 0 Å². The van der Waals surface area contributed by atoms with Crippen molar-refractivity contribution in [2.75, 3.05) is 14.7 Å². The molecule has 0 aliphatic carbocycles. The molecule has 0 unspecified atom stereocenters. The average Bonchev–Trinajstić information content (AvgIpc) is 3.30. The van der Waals surface area contributed by atoms with E-state index < -0.39 is 0 Å². The summed E-state index contributed by atoms with van der Waals surface area (Å²) >= 11 is 5.58. The number of benzene rings is 9. The van der Waals surface area contributed by atoms with Crippen LogP contribution in [0.5, 0.6) is 0 Å². The third-order valence-corrected chi connectivity index (χ3v) is 16.2. The average molecular weight is 882 g/mol. The third kappa shape index (κ3) is 6.29. The molecule has 0 bridgehead atoms. The van der Waals surface area contributed by atoms with E-state index in [2.05, 4.69) is 232 Å². The number of hydrogen-bond acceptors (Lipinski definition) is 6. The first-order chi connectivity index (χ1) is 31.0. The fourth-order valence-corrected chi connectivity index (χ4v) is 12.9. The standard InChI is InChI=1S/C58H47N3S3/c1-57(2,3)36-28-31-40-41(33-36)55(60-45-19-9-14-24-51(45)63-52-25-15-10-20-46(52)60)39-30-27-37(58(4,5)6)34-42(39)56(40)61-47-21-11-16-26-53(47)64-54-35-38(29-32-48(54)61)59-43-17-7-12-22-49(43)62-50-23-13-8-18-44(50)59/h7-35H,1-6H3. The van der Waals surface area contributed by atoms with Crippen LogP contribution in [0.4, 0.5) is 51.2 Å². The monoisotopic (exact) mass is 881 g/mol. The molecule has 0 amide bonds. The third-order valence-electron chi connectivity index (χ3n) is 12.9. The highest BCUT2D eigenvalue weighted by molar-refractivity contribution is 8.00. The summed E-state index contributed by atoms with van der Waals surface area (Å²) in [4.78, 5) is 15.1. The van der Waals surface area contributed by atoms with Crippen LogP contribution in [0.3, 0.4) is 0 Å². The van der Waals surface area contributed by atoms with Gasteiger partial charge < -0.3 is 14.7 Å². The lowest BCUT2D eigenvalue weighted by atomic mass is 9.82. The van der Waals surface area contributed by atoms with E-state index in [-0.39, 0.29) is 10.8 Å². The first kappa shape index (κ1) is 39.5. The fraction of sp³-hybridized carbons (Fsp3) is 0.138. The van der Waals surface area contributed by atoms with Gasteiger partial charge in [-0.15, -0.1) is 0 Å². The highest BCUT2D eigenvalue weighted by Crippen LogP contribution is 2.60. The van der Waals surface area contributed by atoms with Crippen molar-refractivity contribution in [3.8, 4) is 0 Å². The molecule has 9 aromatic carbocycles. The molecule has 0 radical (unpaired) electrons. The van der Waals surface area contributed by atoms with Crippen molar-refractivity contribution in [3.63, 3.8) is 0 Å². The topological polar surface area (TPSA) is 9.72 Å². The van der Waals surface area contributed by atoms with Gasteiger partial charge in [0.05, 0.1) is 45.5 Å². The maximum Gasteiger partial charge on any atom is 0.0621 e. The maximum atomic E-state index is 2.59. The maximum absolute atomic E-state index is 2.59. The lowest BCUT2D eigenvalue weighted by Crippen LogP contribution is -2.20. The van der Waals surface area contributed by atoms with Crippen LogP contribution in [0.2, 0.25) is 0 Å². The lowest BCUT2D eigenvalue weighted by molar-refractivity contribution is 0.590. The summed E-state index contributed by atoms with van der Waals surface area (Å²) in [7, 11) is 0. The van der Waals surface area contributed by atoms with Gasteiger partial charge in [-0.05, 0) is 113 Å². The van der Waals surface area contributed by atoms with Crippen LogP contribution < -0.4 is 14.7 Å². The summed E-state index contributed by atoms with van der Waals surface area (Å²) in [6.45, 7) is 14.0. The number of nitrogens with zero attached hydrogens (tertiary/aromatic N) is 3. The van der Waals surface area contributed by atoms with Gasteiger partial charge in [0.2, 0.25) is 0 Å². The molecule has 0 saturated carbocycles. The zero-order chi connectivity index (χ0) is 43.5. The second kappa shape index (κ2) is 14.7. The van der Waals surface area contributed by atoms with Crippen molar-refractivity contribution in [2.45, 2.75) is 81.7 Å². The highest BCUT2D eigenvalue weighted by Gasteiger charge is 2.34. The van der Waals surface area contributed by atoms with E-state index in [0.717, 1.165) is 5.69 Å². The fourth-order valence-electron chi connectivity index (χ4n) is 9.65. The van der Waals surface area contributed by atoms with Crippen LogP contribution >= 0.6 is 35.3 Å². The van der Waals surface area contributed by atoms with Crippen molar-refractivity contribution in [3.05, 3.63) is 187 Å². The number of fused-ring (bicyclic) bond motifs is 8. The Bertz CT molecular complexity index is 3290. The molecule has 12 rings (SSSR count). The Kier molecular flexibility index (Phi) is 9.11. The van der Waals surface area contributed by atoms with E-state index in [9.17, 15) is 0 Å². The smallest absolute Gasteiger partial charge is 0.0621 e. The summed E-state index contributed by atoms with van der Waals surface area (Å²) in [5, 5.41) is 4.93. The van der Waals surface area contributed by atoms with Gasteiger partial charge in [0, 0.05) is 56.6 Å². The van der Waals surface area contributed by atoms with Crippen LogP contribution in [0.15, 0.2) is 205 Å². The molecule has 3 aliphatic heterocycles. The molecule has 0 N–H and O–H groups in total. The Morgan fingerprint density at radius 1 is 0.297 bits per heavy atom. The molecule has 3 nitrogen and oxygen atoms in total. The van der Waals surface area contributed by atoms with Gasteiger partial charge in [0.25, 0.3) is 0 Å². The second-order valence-electron chi connectivity index (χ2n) is 19.0.